The van der Waals surface area contributed by atoms with Crippen molar-refractivity contribution in [2.24, 2.45) is 5.92 Å². The average molecular weight is 296 g/mol. The summed E-state index contributed by atoms with van der Waals surface area (Å²) in [5.41, 5.74) is 0. The second-order valence-corrected chi connectivity index (χ2v) is 7.23. The van der Waals surface area contributed by atoms with Gasteiger partial charge in [0.15, 0.2) is 0 Å². The van der Waals surface area contributed by atoms with E-state index in [9.17, 15) is 0 Å². The highest BCUT2D eigenvalue weighted by Gasteiger charge is 2.33. The van der Waals surface area contributed by atoms with Gasteiger partial charge in [0.25, 0.3) is 0 Å². The van der Waals surface area contributed by atoms with Gasteiger partial charge in [-0.25, -0.2) is 0 Å². The molecule has 2 rings (SSSR count). The molecule has 3 nitrogen and oxygen atoms in total. The van der Waals surface area contributed by atoms with E-state index in [4.69, 9.17) is 4.74 Å². The van der Waals surface area contributed by atoms with Crippen LogP contribution in [0.1, 0.15) is 65.7 Å². The van der Waals surface area contributed by atoms with Gasteiger partial charge in [0, 0.05) is 25.2 Å². The first-order valence-electron chi connectivity index (χ1n) is 9.31. The molecular weight excluding hydrogens is 260 g/mol. The third kappa shape index (κ3) is 5.22. The van der Waals surface area contributed by atoms with Crippen LogP contribution in [0.25, 0.3) is 0 Å². The fraction of sp³-hybridized carbons (Fsp3) is 1.00. The van der Waals surface area contributed by atoms with Crippen molar-refractivity contribution in [1.82, 2.24) is 10.2 Å². The lowest BCUT2D eigenvalue weighted by Gasteiger charge is -2.41. The van der Waals surface area contributed by atoms with E-state index in [0.717, 1.165) is 32.2 Å². The molecule has 1 N–H and O–H groups in total. The minimum absolute atomic E-state index is 0.385. The number of ether oxygens (including phenoxy) is 1. The number of hydrogen-bond donors (Lipinski definition) is 1. The molecule has 0 spiro atoms. The molecule has 2 atom stereocenters. The minimum Gasteiger partial charge on any atom is -0.374 e. The van der Waals surface area contributed by atoms with Crippen LogP contribution in [0.3, 0.4) is 0 Å². The third-order valence-corrected chi connectivity index (χ3v) is 5.29. The van der Waals surface area contributed by atoms with E-state index in [1.54, 1.807) is 0 Å². The summed E-state index contributed by atoms with van der Waals surface area (Å²) in [4.78, 5) is 2.59. The van der Waals surface area contributed by atoms with Gasteiger partial charge in [-0.15, -0.1) is 0 Å². The smallest absolute Gasteiger partial charge is 0.0858 e. The third-order valence-electron chi connectivity index (χ3n) is 5.29. The van der Waals surface area contributed by atoms with Gasteiger partial charge in [-0.2, -0.15) is 0 Å². The summed E-state index contributed by atoms with van der Waals surface area (Å²) in [5, 5.41) is 3.84. The molecule has 0 aromatic heterocycles. The monoisotopic (exact) mass is 296 g/mol. The second kappa shape index (κ2) is 9.12. The highest BCUT2D eigenvalue weighted by molar-refractivity contribution is 4.89. The normalized spacial score (nSPS) is 27.7. The number of hydrogen-bond acceptors (Lipinski definition) is 3. The predicted octanol–water partition coefficient (Wildman–Crippen LogP) is 3.43. The van der Waals surface area contributed by atoms with Crippen LogP contribution in [0.15, 0.2) is 0 Å². The van der Waals surface area contributed by atoms with Crippen molar-refractivity contribution in [3.8, 4) is 0 Å². The quantitative estimate of drug-likeness (QED) is 0.760. The van der Waals surface area contributed by atoms with Crippen LogP contribution in [0.5, 0.6) is 0 Å². The Hall–Kier alpha value is -0.120. The van der Waals surface area contributed by atoms with Gasteiger partial charge in [0.1, 0.15) is 0 Å². The zero-order chi connectivity index (χ0) is 15.1. The molecule has 0 aromatic rings. The summed E-state index contributed by atoms with van der Waals surface area (Å²) < 4.78 is 6.21. The predicted molar refractivity (Wildman–Crippen MR) is 89.7 cm³/mol. The summed E-state index contributed by atoms with van der Waals surface area (Å²) in [7, 11) is 0. The molecule has 1 aliphatic heterocycles. The largest absolute Gasteiger partial charge is 0.374 e. The molecule has 2 fully saturated rings. The van der Waals surface area contributed by atoms with Gasteiger partial charge in [-0.05, 0) is 45.6 Å². The maximum atomic E-state index is 6.21. The molecule has 1 saturated heterocycles. The molecule has 1 heterocycles. The highest BCUT2D eigenvalue weighted by Crippen LogP contribution is 2.29. The van der Waals surface area contributed by atoms with Crippen molar-refractivity contribution in [3.05, 3.63) is 0 Å². The van der Waals surface area contributed by atoms with Crippen LogP contribution in [0.4, 0.5) is 0 Å². The minimum atomic E-state index is 0.385. The number of rotatable bonds is 6. The highest BCUT2D eigenvalue weighted by atomic mass is 16.5. The molecule has 0 aromatic carbocycles. The van der Waals surface area contributed by atoms with Crippen LogP contribution in [-0.2, 0) is 4.74 Å². The van der Waals surface area contributed by atoms with E-state index < -0.39 is 0 Å². The van der Waals surface area contributed by atoms with Crippen molar-refractivity contribution in [3.63, 3.8) is 0 Å². The van der Waals surface area contributed by atoms with Crippen LogP contribution in [-0.4, -0.2) is 49.3 Å². The lowest BCUT2D eigenvalue weighted by atomic mass is 9.87. The Morgan fingerprint density at radius 1 is 1.14 bits per heavy atom. The Balaban J connectivity index is 1.99. The molecular formula is C18H36N2O. The van der Waals surface area contributed by atoms with Crippen molar-refractivity contribution in [2.75, 3.05) is 26.2 Å². The van der Waals surface area contributed by atoms with E-state index in [-0.39, 0.29) is 0 Å². The van der Waals surface area contributed by atoms with E-state index in [2.05, 4.69) is 31.0 Å². The SMILES string of the molecule is CCCNC(C1CCCCCC1)C1CN(C(C)C)CCO1. The number of nitrogens with one attached hydrogen (secondary N) is 1. The second-order valence-electron chi connectivity index (χ2n) is 7.23. The first-order chi connectivity index (χ1) is 10.2. The Labute approximate surface area is 131 Å². The molecule has 2 aliphatic rings. The van der Waals surface area contributed by atoms with E-state index in [1.165, 1.54) is 44.9 Å². The number of morpholine rings is 1. The molecule has 0 bridgehead atoms. The lowest BCUT2D eigenvalue weighted by Crippen LogP contribution is -2.56. The van der Waals surface area contributed by atoms with Gasteiger partial charge in [0.05, 0.1) is 12.7 Å². The maximum absolute atomic E-state index is 6.21. The Kier molecular flexibility index (Phi) is 7.48. The van der Waals surface area contributed by atoms with E-state index in [0.29, 0.717) is 18.2 Å². The van der Waals surface area contributed by atoms with Gasteiger partial charge in [-0.1, -0.05) is 32.6 Å². The summed E-state index contributed by atoms with van der Waals surface area (Å²) in [5.74, 6) is 0.816. The Bertz CT molecular complexity index is 274. The summed E-state index contributed by atoms with van der Waals surface area (Å²) in [6, 6.07) is 1.20. The topological polar surface area (TPSA) is 24.5 Å². The van der Waals surface area contributed by atoms with E-state index >= 15 is 0 Å². The fourth-order valence-corrected chi connectivity index (χ4v) is 3.97. The molecule has 1 saturated carbocycles. The molecule has 0 radical (unpaired) electrons. The fourth-order valence-electron chi connectivity index (χ4n) is 3.97. The molecule has 1 aliphatic carbocycles. The Morgan fingerprint density at radius 2 is 1.86 bits per heavy atom. The first-order valence-corrected chi connectivity index (χ1v) is 9.31. The molecule has 124 valence electrons. The molecule has 0 amide bonds. The number of nitrogens with zero attached hydrogens (tertiary/aromatic N) is 1. The standard InChI is InChI=1S/C18H36N2O/c1-4-11-19-18(16-9-7-5-6-8-10-16)17-14-20(15(2)3)12-13-21-17/h15-19H,4-14H2,1-3H3. The van der Waals surface area contributed by atoms with Gasteiger partial charge >= 0.3 is 0 Å². The van der Waals surface area contributed by atoms with Crippen LogP contribution in [0, 0.1) is 5.92 Å². The van der Waals surface area contributed by atoms with Gasteiger partial charge < -0.3 is 10.1 Å². The summed E-state index contributed by atoms with van der Waals surface area (Å²) in [6.45, 7) is 11.1. The molecule has 2 unspecified atom stereocenters. The lowest BCUT2D eigenvalue weighted by molar-refractivity contribution is -0.0658. The van der Waals surface area contributed by atoms with Crippen molar-refractivity contribution in [1.29, 1.82) is 0 Å². The van der Waals surface area contributed by atoms with Gasteiger partial charge in [0.2, 0.25) is 0 Å². The zero-order valence-corrected chi connectivity index (χ0v) is 14.4. The summed E-state index contributed by atoms with van der Waals surface area (Å²) in [6.07, 6.45) is 10.1. The zero-order valence-electron chi connectivity index (χ0n) is 14.4. The van der Waals surface area contributed by atoms with Crippen LogP contribution >= 0.6 is 0 Å². The first kappa shape index (κ1) is 17.2. The Morgan fingerprint density at radius 3 is 2.48 bits per heavy atom. The maximum Gasteiger partial charge on any atom is 0.0858 e. The van der Waals surface area contributed by atoms with Crippen molar-refractivity contribution < 1.29 is 4.74 Å². The summed E-state index contributed by atoms with van der Waals surface area (Å²) >= 11 is 0. The molecule has 3 heteroatoms. The van der Waals surface area contributed by atoms with Crippen LogP contribution in [0.2, 0.25) is 0 Å². The van der Waals surface area contributed by atoms with E-state index in [1.807, 2.05) is 0 Å². The van der Waals surface area contributed by atoms with Gasteiger partial charge in [-0.3, -0.25) is 4.90 Å². The van der Waals surface area contributed by atoms with Crippen molar-refractivity contribution >= 4 is 0 Å². The molecule has 21 heavy (non-hydrogen) atoms. The van der Waals surface area contributed by atoms with Crippen molar-refractivity contribution in [2.45, 2.75) is 83.9 Å². The average Bonchev–Trinajstić information content (AvgIpc) is 2.77. The van der Waals surface area contributed by atoms with Crippen LogP contribution < -0.4 is 5.32 Å².